The van der Waals surface area contributed by atoms with Crippen molar-refractivity contribution >= 4 is 21.7 Å². The molecule has 1 aromatic heterocycles. The minimum absolute atomic E-state index is 0.00716. The number of hydrogen-bond donors (Lipinski definition) is 3. The van der Waals surface area contributed by atoms with Gasteiger partial charge in [-0.05, 0) is 19.4 Å². The zero-order chi connectivity index (χ0) is 13.1. The molecule has 0 saturated carbocycles. The van der Waals surface area contributed by atoms with Crippen molar-refractivity contribution in [3.63, 3.8) is 0 Å². The lowest BCUT2D eigenvalue weighted by Crippen LogP contribution is -2.17. The van der Waals surface area contributed by atoms with E-state index >= 15 is 0 Å². The van der Waals surface area contributed by atoms with Gasteiger partial charge in [0, 0.05) is 5.69 Å². The second-order valence-corrected chi connectivity index (χ2v) is 5.66. The van der Waals surface area contributed by atoms with Crippen LogP contribution < -0.4 is 4.72 Å². The fourth-order valence-electron chi connectivity index (χ4n) is 1.39. The Bertz CT molecular complexity index is 504. The molecule has 1 aromatic rings. The van der Waals surface area contributed by atoms with Crippen LogP contribution >= 0.6 is 0 Å². The Hall–Kier alpha value is -1.50. The fraction of sp³-hybridized carbons (Fsp3) is 0.500. The number of aromatic carboxylic acids is 1. The van der Waals surface area contributed by atoms with Gasteiger partial charge in [0.1, 0.15) is 5.69 Å². The van der Waals surface area contributed by atoms with Gasteiger partial charge in [-0.1, -0.05) is 13.3 Å². The number of aromatic nitrogens is 1. The van der Waals surface area contributed by atoms with E-state index in [1.165, 1.54) is 6.07 Å². The molecular formula is C10H16N2O4S. The second kappa shape index (κ2) is 5.22. The summed E-state index contributed by atoms with van der Waals surface area (Å²) in [4.78, 5) is 13.5. The molecule has 0 aliphatic heterocycles. The fourth-order valence-corrected chi connectivity index (χ4v) is 2.66. The van der Waals surface area contributed by atoms with Crippen LogP contribution in [0.1, 0.15) is 35.9 Å². The minimum Gasteiger partial charge on any atom is -0.477 e. The van der Waals surface area contributed by atoms with Crippen LogP contribution in [-0.4, -0.2) is 30.2 Å². The number of nitrogens with one attached hydrogen (secondary N) is 2. The minimum atomic E-state index is -3.47. The largest absolute Gasteiger partial charge is 0.477 e. The Morgan fingerprint density at radius 2 is 2.18 bits per heavy atom. The second-order valence-electron chi connectivity index (χ2n) is 3.82. The Morgan fingerprint density at radius 3 is 2.71 bits per heavy atom. The molecule has 17 heavy (non-hydrogen) atoms. The van der Waals surface area contributed by atoms with Crippen LogP contribution in [0.15, 0.2) is 6.07 Å². The van der Waals surface area contributed by atoms with Gasteiger partial charge in [-0.2, -0.15) is 0 Å². The van der Waals surface area contributed by atoms with E-state index in [0.717, 1.165) is 6.42 Å². The smallest absolute Gasteiger partial charge is 0.354 e. The first-order valence-electron chi connectivity index (χ1n) is 5.29. The zero-order valence-corrected chi connectivity index (χ0v) is 10.6. The SMILES string of the molecule is CCCCS(=O)(=O)Nc1cc(C)[nH]c1C(=O)O. The Labute approximate surface area is 100 Å². The van der Waals surface area contributed by atoms with Crippen molar-refractivity contribution < 1.29 is 18.3 Å². The van der Waals surface area contributed by atoms with E-state index in [0.29, 0.717) is 12.1 Å². The van der Waals surface area contributed by atoms with Crippen LogP contribution in [0, 0.1) is 6.92 Å². The summed E-state index contributed by atoms with van der Waals surface area (Å²) < 4.78 is 25.5. The molecule has 0 atom stereocenters. The molecular weight excluding hydrogens is 244 g/mol. The molecule has 0 unspecified atom stereocenters. The summed E-state index contributed by atoms with van der Waals surface area (Å²) in [7, 11) is -3.47. The molecule has 96 valence electrons. The molecule has 0 fully saturated rings. The highest BCUT2D eigenvalue weighted by molar-refractivity contribution is 7.92. The molecule has 3 N–H and O–H groups in total. The van der Waals surface area contributed by atoms with Crippen molar-refractivity contribution in [2.75, 3.05) is 10.5 Å². The molecule has 0 saturated heterocycles. The Kier molecular flexibility index (Phi) is 4.17. The van der Waals surface area contributed by atoms with Crippen molar-refractivity contribution in [3.8, 4) is 0 Å². The summed E-state index contributed by atoms with van der Waals surface area (Å²) in [6, 6.07) is 1.47. The van der Waals surface area contributed by atoms with Gasteiger partial charge in [-0.15, -0.1) is 0 Å². The third kappa shape index (κ3) is 3.77. The first kappa shape index (κ1) is 13.6. The van der Waals surface area contributed by atoms with Gasteiger partial charge in [-0.3, -0.25) is 4.72 Å². The van der Waals surface area contributed by atoms with Crippen molar-refractivity contribution in [3.05, 3.63) is 17.5 Å². The Balaban J connectivity index is 2.91. The van der Waals surface area contributed by atoms with E-state index in [2.05, 4.69) is 9.71 Å². The predicted octanol–water partition coefficient (Wildman–Crippen LogP) is 1.56. The maximum atomic E-state index is 11.6. The van der Waals surface area contributed by atoms with Crippen LogP contribution in [0.5, 0.6) is 0 Å². The van der Waals surface area contributed by atoms with Crippen LogP contribution in [0.3, 0.4) is 0 Å². The van der Waals surface area contributed by atoms with Crippen molar-refractivity contribution in [1.82, 2.24) is 4.98 Å². The van der Waals surface area contributed by atoms with Crippen molar-refractivity contribution in [2.24, 2.45) is 0 Å². The first-order chi connectivity index (χ1) is 7.85. The molecule has 0 aliphatic rings. The quantitative estimate of drug-likeness (QED) is 0.722. The van der Waals surface area contributed by atoms with E-state index in [4.69, 9.17) is 5.11 Å². The number of carboxylic acid groups (broad SMARTS) is 1. The standard InChI is InChI=1S/C10H16N2O4S/c1-3-4-5-17(15,16)12-8-6-7(2)11-9(8)10(13)14/h6,11-12H,3-5H2,1-2H3,(H,13,14). The van der Waals surface area contributed by atoms with Crippen molar-refractivity contribution in [1.29, 1.82) is 0 Å². The average molecular weight is 260 g/mol. The number of unbranched alkanes of at least 4 members (excludes halogenated alkanes) is 1. The molecule has 1 heterocycles. The van der Waals surface area contributed by atoms with E-state index < -0.39 is 16.0 Å². The highest BCUT2D eigenvalue weighted by atomic mass is 32.2. The van der Waals surface area contributed by atoms with E-state index in [9.17, 15) is 13.2 Å². The monoisotopic (exact) mass is 260 g/mol. The normalized spacial score (nSPS) is 11.4. The van der Waals surface area contributed by atoms with Gasteiger partial charge in [0.2, 0.25) is 10.0 Å². The zero-order valence-electron chi connectivity index (χ0n) is 9.78. The summed E-state index contributed by atoms with van der Waals surface area (Å²) in [5, 5.41) is 8.89. The predicted molar refractivity (Wildman–Crippen MR) is 64.8 cm³/mol. The summed E-state index contributed by atoms with van der Waals surface area (Å²) >= 11 is 0. The maximum absolute atomic E-state index is 11.6. The number of hydrogen-bond acceptors (Lipinski definition) is 3. The molecule has 7 heteroatoms. The number of sulfonamides is 1. The van der Waals surface area contributed by atoms with Crippen molar-refractivity contribution in [2.45, 2.75) is 26.7 Å². The topological polar surface area (TPSA) is 99.3 Å². The van der Waals surface area contributed by atoms with Crippen LogP contribution in [-0.2, 0) is 10.0 Å². The molecule has 6 nitrogen and oxygen atoms in total. The number of rotatable bonds is 6. The lowest BCUT2D eigenvalue weighted by atomic mass is 10.4. The average Bonchev–Trinajstić information content (AvgIpc) is 2.56. The summed E-state index contributed by atoms with van der Waals surface area (Å²) in [6.45, 7) is 3.55. The van der Waals surface area contributed by atoms with Crippen LogP contribution in [0.2, 0.25) is 0 Å². The van der Waals surface area contributed by atoms with Gasteiger partial charge in [0.05, 0.1) is 11.4 Å². The maximum Gasteiger partial charge on any atom is 0.354 e. The van der Waals surface area contributed by atoms with E-state index in [1.807, 2.05) is 6.92 Å². The molecule has 0 amide bonds. The molecule has 0 aromatic carbocycles. The third-order valence-electron chi connectivity index (χ3n) is 2.20. The number of aryl methyl sites for hydroxylation is 1. The number of anilines is 1. The van der Waals surface area contributed by atoms with E-state index in [-0.39, 0.29) is 17.1 Å². The van der Waals surface area contributed by atoms with Gasteiger partial charge in [0.15, 0.2) is 0 Å². The molecule has 1 rings (SSSR count). The summed E-state index contributed by atoms with van der Waals surface area (Å²) in [5.74, 6) is -1.20. The van der Waals surface area contributed by atoms with Gasteiger partial charge >= 0.3 is 5.97 Å². The number of carbonyl (C=O) groups is 1. The molecule has 0 aliphatic carbocycles. The van der Waals surface area contributed by atoms with Crippen LogP contribution in [0.4, 0.5) is 5.69 Å². The summed E-state index contributed by atoms with van der Waals surface area (Å²) in [5.41, 5.74) is 0.546. The van der Waals surface area contributed by atoms with Crippen LogP contribution in [0.25, 0.3) is 0 Å². The molecule has 0 spiro atoms. The lowest BCUT2D eigenvalue weighted by Gasteiger charge is -2.06. The third-order valence-corrected chi connectivity index (χ3v) is 3.56. The Morgan fingerprint density at radius 1 is 1.53 bits per heavy atom. The summed E-state index contributed by atoms with van der Waals surface area (Å²) in [6.07, 6.45) is 1.31. The molecule has 0 bridgehead atoms. The first-order valence-corrected chi connectivity index (χ1v) is 6.94. The van der Waals surface area contributed by atoms with E-state index in [1.54, 1.807) is 6.92 Å². The van der Waals surface area contributed by atoms with Gasteiger partial charge in [0.25, 0.3) is 0 Å². The highest BCUT2D eigenvalue weighted by Gasteiger charge is 2.18. The lowest BCUT2D eigenvalue weighted by molar-refractivity contribution is 0.0692. The number of aromatic amines is 1. The van der Waals surface area contributed by atoms with Gasteiger partial charge < -0.3 is 10.1 Å². The highest BCUT2D eigenvalue weighted by Crippen LogP contribution is 2.18. The van der Waals surface area contributed by atoms with Gasteiger partial charge in [-0.25, -0.2) is 13.2 Å². The number of H-pyrrole nitrogens is 1. The molecule has 0 radical (unpaired) electrons. The number of carboxylic acids is 1.